The Morgan fingerprint density at radius 1 is 1.16 bits per heavy atom. The van der Waals surface area contributed by atoms with E-state index < -0.39 is 15.8 Å². The molecule has 0 amide bonds. The summed E-state index contributed by atoms with van der Waals surface area (Å²) in [5.41, 5.74) is 1.46. The first-order chi connectivity index (χ1) is 15.3. The van der Waals surface area contributed by atoms with Crippen LogP contribution in [0, 0.1) is 11.7 Å². The van der Waals surface area contributed by atoms with E-state index >= 15 is 0 Å². The Kier molecular flexibility index (Phi) is 6.90. The van der Waals surface area contributed by atoms with Crippen LogP contribution in [-0.4, -0.2) is 36.8 Å². The number of nitrogens with zero attached hydrogens (tertiary/aromatic N) is 2. The maximum atomic E-state index is 13.1. The van der Waals surface area contributed by atoms with Gasteiger partial charge in [-0.05, 0) is 43.2 Å². The molecule has 32 heavy (non-hydrogen) atoms. The molecule has 0 atom stereocenters. The number of aromatic nitrogens is 1. The van der Waals surface area contributed by atoms with Crippen LogP contribution < -0.4 is 0 Å². The molecule has 0 unspecified atom stereocenters. The van der Waals surface area contributed by atoms with Gasteiger partial charge in [-0.2, -0.15) is 4.31 Å². The van der Waals surface area contributed by atoms with Crippen LogP contribution in [0.25, 0.3) is 10.6 Å². The lowest BCUT2D eigenvalue weighted by Gasteiger charge is -2.30. The normalized spacial score (nSPS) is 15.6. The molecule has 0 radical (unpaired) electrons. The van der Waals surface area contributed by atoms with Crippen LogP contribution in [0.15, 0.2) is 58.8 Å². The Morgan fingerprint density at radius 2 is 1.84 bits per heavy atom. The van der Waals surface area contributed by atoms with E-state index in [0.29, 0.717) is 23.6 Å². The molecule has 2 heterocycles. The summed E-state index contributed by atoms with van der Waals surface area (Å²) in [6.45, 7) is 0.452. The fourth-order valence-electron chi connectivity index (χ4n) is 3.48. The van der Waals surface area contributed by atoms with Gasteiger partial charge in [-0.25, -0.2) is 17.8 Å². The molecular weight excluding hydrogens is 475 g/mol. The number of halogens is 2. The van der Waals surface area contributed by atoms with Crippen molar-refractivity contribution in [2.24, 2.45) is 5.92 Å². The summed E-state index contributed by atoms with van der Waals surface area (Å²) in [7, 11) is -3.72. The molecule has 0 N–H and O–H groups in total. The number of hydrogen-bond donors (Lipinski definition) is 0. The predicted molar refractivity (Wildman–Crippen MR) is 120 cm³/mol. The Bertz CT molecular complexity index is 1210. The van der Waals surface area contributed by atoms with Crippen molar-refractivity contribution in [1.29, 1.82) is 0 Å². The van der Waals surface area contributed by atoms with Crippen molar-refractivity contribution in [3.8, 4) is 10.6 Å². The number of piperidine rings is 1. The number of sulfonamides is 1. The van der Waals surface area contributed by atoms with Gasteiger partial charge in [0.25, 0.3) is 0 Å². The zero-order chi connectivity index (χ0) is 22.7. The second-order valence-electron chi connectivity index (χ2n) is 7.36. The van der Waals surface area contributed by atoms with E-state index in [-0.39, 0.29) is 36.5 Å². The van der Waals surface area contributed by atoms with Crippen molar-refractivity contribution in [3.63, 3.8) is 0 Å². The second-order valence-corrected chi connectivity index (χ2v) is 10.6. The fourth-order valence-corrected chi connectivity index (χ4v) is 6.08. The maximum Gasteiger partial charge on any atom is 0.309 e. The molecule has 1 aromatic heterocycles. The molecule has 1 fully saturated rings. The van der Waals surface area contributed by atoms with Gasteiger partial charge in [-0.3, -0.25) is 4.79 Å². The van der Waals surface area contributed by atoms with Crippen molar-refractivity contribution in [2.75, 3.05) is 13.1 Å². The molecule has 6 nitrogen and oxygen atoms in total. The predicted octanol–water partition coefficient (Wildman–Crippen LogP) is 4.75. The molecular formula is C22H20ClFN2O4S2. The highest BCUT2D eigenvalue weighted by Crippen LogP contribution is 2.30. The minimum Gasteiger partial charge on any atom is -0.459 e. The largest absolute Gasteiger partial charge is 0.459 e. The molecule has 4 rings (SSSR count). The van der Waals surface area contributed by atoms with Crippen molar-refractivity contribution in [1.82, 2.24) is 9.29 Å². The van der Waals surface area contributed by atoms with Gasteiger partial charge >= 0.3 is 5.97 Å². The summed E-state index contributed by atoms with van der Waals surface area (Å²) < 4.78 is 45.2. The Labute approximate surface area is 194 Å². The molecule has 1 aliphatic heterocycles. The monoisotopic (exact) mass is 494 g/mol. The first-order valence-electron chi connectivity index (χ1n) is 9.96. The van der Waals surface area contributed by atoms with Gasteiger partial charge in [0.15, 0.2) is 0 Å². The summed E-state index contributed by atoms with van der Waals surface area (Å²) >= 11 is 7.63. The lowest BCUT2D eigenvalue weighted by Crippen LogP contribution is -2.40. The highest BCUT2D eigenvalue weighted by molar-refractivity contribution is 7.89. The average molecular weight is 495 g/mol. The van der Waals surface area contributed by atoms with Crippen molar-refractivity contribution in [3.05, 3.63) is 70.4 Å². The zero-order valence-electron chi connectivity index (χ0n) is 16.9. The van der Waals surface area contributed by atoms with E-state index in [0.717, 1.165) is 22.7 Å². The van der Waals surface area contributed by atoms with Gasteiger partial charge in [-0.1, -0.05) is 29.8 Å². The highest BCUT2D eigenvalue weighted by Gasteiger charge is 2.32. The summed E-state index contributed by atoms with van der Waals surface area (Å²) in [5, 5.41) is 3.18. The summed E-state index contributed by atoms with van der Waals surface area (Å²) in [6.07, 6.45) is 0.725. The number of esters is 1. The third-order valence-corrected chi connectivity index (χ3v) is 8.42. The lowest BCUT2D eigenvalue weighted by molar-refractivity contribution is -0.151. The number of rotatable bonds is 6. The second kappa shape index (κ2) is 9.66. The van der Waals surface area contributed by atoms with Crippen LogP contribution in [-0.2, 0) is 26.2 Å². The van der Waals surface area contributed by atoms with E-state index in [1.807, 2.05) is 23.6 Å². The van der Waals surface area contributed by atoms with Gasteiger partial charge < -0.3 is 4.74 Å². The lowest BCUT2D eigenvalue weighted by atomic mass is 9.98. The van der Waals surface area contributed by atoms with Gasteiger partial charge in [0, 0.05) is 24.0 Å². The van der Waals surface area contributed by atoms with Crippen LogP contribution in [0.5, 0.6) is 0 Å². The van der Waals surface area contributed by atoms with Crippen molar-refractivity contribution >= 4 is 38.9 Å². The molecule has 0 aliphatic carbocycles. The Balaban J connectivity index is 1.31. The molecule has 0 saturated carbocycles. The van der Waals surface area contributed by atoms with Gasteiger partial charge in [-0.15, -0.1) is 11.3 Å². The third kappa shape index (κ3) is 5.01. The van der Waals surface area contributed by atoms with Crippen molar-refractivity contribution < 1.29 is 22.3 Å². The molecule has 168 valence electrons. The number of carbonyl (C=O) groups is 1. The van der Waals surface area contributed by atoms with E-state index in [1.54, 1.807) is 6.07 Å². The first-order valence-corrected chi connectivity index (χ1v) is 12.7. The third-order valence-electron chi connectivity index (χ3n) is 5.26. The molecule has 1 saturated heterocycles. The number of hydrogen-bond acceptors (Lipinski definition) is 6. The minimum absolute atomic E-state index is 0.0396. The number of carbonyl (C=O) groups excluding carboxylic acids is 1. The minimum atomic E-state index is -3.72. The first kappa shape index (κ1) is 22.8. The Morgan fingerprint density at radius 3 is 2.53 bits per heavy atom. The molecule has 10 heteroatoms. The standard InChI is InChI=1S/C22H20ClFN2O4S2/c23-20-4-2-1-3-19(20)21-25-17(14-31-21)13-30-22(27)15-9-11-26(12-10-15)32(28,29)18-7-5-16(24)6-8-18/h1-8,14-15H,9-13H2. The summed E-state index contributed by atoms with van der Waals surface area (Å²) in [5.74, 6) is -1.24. The van der Waals surface area contributed by atoms with Gasteiger partial charge in [0.2, 0.25) is 10.0 Å². The van der Waals surface area contributed by atoms with E-state index in [9.17, 15) is 17.6 Å². The number of benzene rings is 2. The molecule has 3 aromatic rings. The van der Waals surface area contributed by atoms with E-state index in [2.05, 4.69) is 4.98 Å². The van der Waals surface area contributed by atoms with Gasteiger partial charge in [0.1, 0.15) is 17.4 Å². The van der Waals surface area contributed by atoms with Crippen LogP contribution >= 0.6 is 22.9 Å². The summed E-state index contributed by atoms with van der Waals surface area (Å²) in [4.78, 5) is 17.0. The Hall–Kier alpha value is -2.33. The van der Waals surface area contributed by atoms with Crippen LogP contribution in [0.2, 0.25) is 5.02 Å². The van der Waals surface area contributed by atoms with E-state index in [4.69, 9.17) is 16.3 Å². The zero-order valence-corrected chi connectivity index (χ0v) is 19.3. The number of thiazole rings is 1. The number of ether oxygens (including phenoxy) is 1. The molecule has 0 spiro atoms. The molecule has 2 aromatic carbocycles. The SMILES string of the molecule is O=C(OCc1csc(-c2ccccc2Cl)n1)C1CCN(S(=O)(=O)c2ccc(F)cc2)CC1. The van der Waals surface area contributed by atoms with Crippen LogP contribution in [0.4, 0.5) is 4.39 Å². The van der Waals surface area contributed by atoms with Crippen LogP contribution in [0.3, 0.4) is 0 Å². The average Bonchev–Trinajstić information content (AvgIpc) is 3.27. The molecule has 0 bridgehead atoms. The quantitative estimate of drug-likeness (QED) is 0.462. The van der Waals surface area contributed by atoms with Crippen molar-refractivity contribution in [2.45, 2.75) is 24.3 Å². The van der Waals surface area contributed by atoms with Gasteiger partial charge in [0.05, 0.1) is 21.5 Å². The highest BCUT2D eigenvalue weighted by atomic mass is 35.5. The fraction of sp³-hybridized carbons (Fsp3) is 0.273. The topological polar surface area (TPSA) is 76.6 Å². The smallest absolute Gasteiger partial charge is 0.309 e. The maximum absolute atomic E-state index is 13.1. The molecule has 1 aliphatic rings. The van der Waals surface area contributed by atoms with Crippen LogP contribution in [0.1, 0.15) is 18.5 Å². The van der Waals surface area contributed by atoms with E-state index in [1.165, 1.54) is 27.8 Å². The summed E-state index contributed by atoms with van der Waals surface area (Å²) in [6, 6.07) is 12.1.